The van der Waals surface area contributed by atoms with Gasteiger partial charge >= 0.3 is 6.36 Å². The fourth-order valence-electron chi connectivity index (χ4n) is 2.80. The van der Waals surface area contributed by atoms with Gasteiger partial charge in [-0.05, 0) is 52.0 Å². The molecule has 0 unspecified atom stereocenters. The topological polar surface area (TPSA) is 47.5 Å². The lowest BCUT2D eigenvalue weighted by molar-refractivity contribution is -0.274. The van der Waals surface area contributed by atoms with E-state index in [2.05, 4.69) is 47.3 Å². The molecule has 0 saturated heterocycles. The molecule has 2 aromatic rings. The highest BCUT2D eigenvalue weighted by molar-refractivity contribution is 5.64. The predicted octanol–water partition coefficient (Wildman–Crippen LogP) is 4.54. The summed E-state index contributed by atoms with van der Waals surface area (Å²) in [5, 5.41) is 0. The average molecular weight is 383 g/mol. The zero-order chi connectivity index (χ0) is 20.0. The van der Waals surface area contributed by atoms with Gasteiger partial charge in [-0.25, -0.2) is 9.97 Å². The molecule has 8 heteroatoms. The van der Waals surface area contributed by atoms with Crippen molar-refractivity contribution >= 4 is 0 Å². The van der Waals surface area contributed by atoms with Gasteiger partial charge in [-0.2, -0.15) is 0 Å². The van der Waals surface area contributed by atoms with Crippen LogP contribution in [-0.4, -0.2) is 46.5 Å². The van der Waals surface area contributed by atoms with Crippen molar-refractivity contribution in [2.45, 2.75) is 46.1 Å². The molecule has 0 radical (unpaired) electrons. The van der Waals surface area contributed by atoms with Gasteiger partial charge in [0.25, 0.3) is 0 Å². The second kappa shape index (κ2) is 9.03. The Hall–Kier alpha value is -2.35. The van der Waals surface area contributed by atoms with E-state index in [1.54, 1.807) is 0 Å². The third kappa shape index (κ3) is 6.39. The monoisotopic (exact) mass is 383 g/mol. The Kier molecular flexibility index (Phi) is 7.01. The summed E-state index contributed by atoms with van der Waals surface area (Å²) in [5.41, 5.74) is 1.06. The molecule has 0 saturated carbocycles. The van der Waals surface area contributed by atoms with Crippen molar-refractivity contribution in [3.63, 3.8) is 0 Å². The summed E-state index contributed by atoms with van der Waals surface area (Å²) in [6.07, 6.45) is -1.69. The van der Waals surface area contributed by atoms with Gasteiger partial charge in [-0.15, -0.1) is 13.2 Å². The minimum absolute atomic E-state index is 0.290. The van der Waals surface area contributed by atoms with Crippen LogP contribution in [-0.2, 0) is 0 Å². The van der Waals surface area contributed by atoms with Gasteiger partial charge in [0.05, 0.1) is 0 Å². The van der Waals surface area contributed by atoms with Crippen LogP contribution in [0.5, 0.6) is 11.6 Å². The van der Waals surface area contributed by atoms with Crippen molar-refractivity contribution in [1.29, 1.82) is 0 Å². The standard InChI is InChI=1S/C19H24F3N3O2/c1-13(2)25(14(3)4)11-12-26-18-17(23-9-10-24-18)15-5-7-16(8-6-15)27-19(20,21)22/h5-10,13-14H,11-12H2,1-4H3. The minimum Gasteiger partial charge on any atom is -0.475 e. The van der Waals surface area contributed by atoms with Gasteiger partial charge in [0.15, 0.2) is 0 Å². The van der Waals surface area contributed by atoms with Crippen molar-refractivity contribution in [1.82, 2.24) is 14.9 Å². The normalized spacial score (nSPS) is 12.1. The predicted molar refractivity (Wildman–Crippen MR) is 96.6 cm³/mol. The first-order valence-corrected chi connectivity index (χ1v) is 8.73. The van der Waals surface area contributed by atoms with Gasteiger partial charge in [0.2, 0.25) is 5.88 Å². The number of hydrogen-bond acceptors (Lipinski definition) is 5. The molecule has 1 aromatic carbocycles. The van der Waals surface area contributed by atoms with Crippen LogP contribution in [0.15, 0.2) is 36.7 Å². The molecule has 0 fully saturated rings. The Balaban J connectivity index is 2.09. The molecule has 1 heterocycles. The molecular formula is C19H24F3N3O2. The SMILES string of the molecule is CC(C)N(CCOc1nccnc1-c1ccc(OC(F)(F)F)cc1)C(C)C. The molecule has 2 rings (SSSR count). The van der Waals surface area contributed by atoms with Crippen LogP contribution in [0.3, 0.4) is 0 Å². The molecule has 0 aliphatic heterocycles. The maximum Gasteiger partial charge on any atom is 0.573 e. The van der Waals surface area contributed by atoms with E-state index in [1.165, 1.54) is 36.7 Å². The van der Waals surface area contributed by atoms with E-state index in [-0.39, 0.29) is 5.75 Å². The van der Waals surface area contributed by atoms with E-state index in [1.807, 2.05) is 0 Å². The number of hydrogen-bond donors (Lipinski definition) is 0. The number of benzene rings is 1. The van der Waals surface area contributed by atoms with Crippen LogP contribution in [0.4, 0.5) is 13.2 Å². The lowest BCUT2D eigenvalue weighted by atomic mass is 10.1. The third-order valence-electron chi connectivity index (χ3n) is 3.94. The fourth-order valence-corrected chi connectivity index (χ4v) is 2.80. The number of alkyl halides is 3. The minimum atomic E-state index is -4.72. The zero-order valence-corrected chi connectivity index (χ0v) is 15.8. The second-order valence-corrected chi connectivity index (χ2v) is 6.56. The third-order valence-corrected chi connectivity index (χ3v) is 3.94. The van der Waals surface area contributed by atoms with Crippen molar-refractivity contribution in [2.24, 2.45) is 0 Å². The molecule has 0 bridgehead atoms. The lowest BCUT2D eigenvalue weighted by Gasteiger charge is -2.30. The fraction of sp³-hybridized carbons (Fsp3) is 0.474. The van der Waals surface area contributed by atoms with Crippen LogP contribution >= 0.6 is 0 Å². The van der Waals surface area contributed by atoms with E-state index in [9.17, 15) is 13.2 Å². The molecule has 27 heavy (non-hydrogen) atoms. The van der Waals surface area contributed by atoms with Crippen LogP contribution < -0.4 is 9.47 Å². The van der Waals surface area contributed by atoms with Crippen molar-refractivity contribution in [3.8, 4) is 22.9 Å². The van der Waals surface area contributed by atoms with Crippen molar-refractivity contribution < 1.29 is 22.6 Å². The maximum absolute atomic E-state index is 12.3. The summed E-state index contributed by atoms with van der Waals surface area (Å²) in [4.78, 5) is 10.8. The molecule has 0 aliphatic rings. The first kappa shape index (κ1) is 21.0. The number of nitrogens with zero attached hydrogens (tertiary/aromatic N) is 3. The number of aromatic nitrogens is 2. The number of halogens is 3. The highest BCUT2D eigenvalue weighted by Gasteiger charge is 2.31. The number of rotatable bonds is 8. The Labute approximate surface area is 157 Å². The molecule has 1 aromatic heterocycles. The highest BCUT2D eigenvalue weighted by atomic mass is 19.4. The molecule has 5 nitrogen and oxygen atoms in total. The summed E-state index contributed by atoms with van der Waals surface area (Å²) < 4.78 is 46.5. The molecule has 0 N–H and O–H groups in total. The Bertz CT molecular complexity index is 711. The highest BCUT2D eigenvalue weighted by Crippen LogP contribution is 2.29. The summed E-state index contributed by atoms with van der Waals surface area (Å²) in [6, 6.07) is 6.23. The van der Waals surface area contributed by atoms with E-state index >= 15 is 0 Å². The Morgan fingerprint density at radius 2 is 1.56 bits per heavy atom. The first-order chi connectivity index (χ1) is 12.7. The van der Waals surface area contributed by atoms with E-state index in [0.717, 1.165) is 6.54 Å². The second-order valence-electron chi connectivity index (χ2n) is 6.56. The van der Waals surface area contributed by atoms with Gasteiger partial charge in [0, 0.05) is 36.6 Å². The number of ether oxygens (including phenoxy) is 2. The first-order valence-electron chi connectivity index (χ1n) is 8.73. The maximum atomic E-state index is 12.3. The smallest absolute Gasteiger partial charge is 0.475 e. The summed E-state index contributed by atoms with van der Waals surface area (Å²) >= 11 is 0. The Morgan fingerprint density at radius 3 is 2.11 bits per heavy atom. The molecular weight excluding hydrogens is 359 g/mol. The summed E-state index contributed by atoms with van der Waals surface area (Å²) in [5.74, 6) is 0.0524. The zero-order valence-electron chi connectivity index (χ0n) is 15.8. The van der Waals surface area contributed by atoms with Gasteiger partial charge in [0.1, 0.15) is 18.1 Å². The van der Waals surface area contributed by atoms with Gasteiger partial charge in [-0.3, -0.25) is 4.90 Å². The largest absolute Gasteiger partial charge is 0.573 e. The van der Waals surface area contributed by atoms with Crippen molar-refractivity contribution in [3.05, 3.63) is 36.7 Å². The summed E-state index contributed by atoms with van der Waals surface area (Å²) in [7, 11) is 0. The van der Waals surface area contributed by atoms with Crippen LogP contribution in [0, 0.1) is 0 Å². The van der Waals surface area contributed by atoms with E-state index in [0.29, 0.717) is 35.8 Å². The average Bonchev–Trinajstić information content (AvgIpc) is 2.58. The van der Waals surface area contributed by atoms with E-state index < -0.39 is 6.36 Å². The van der Waals surface area contributed by atoms with Crippen LogP contribution in [0.25, 0.3) is 11.3 Å². The molecule has 0 atom stereocenters. The van der Waals surface area contributed by atoms with E-state index in [4.69, 9.17) is 4.74 Å². The molecule has 0 aliphatic carbocycles. The van der Waals surface area contributed by atoms with Crippen LogP contribution in [0.2, 0.25) is 0 Å². The quantitative estimate of drug-likeness (QED) is 0.670. The van der Waals surface area contributed by atoms with Crippen LogP contribution in [0.1, 0.15) is 27.7 Å². The molecule has 0 amide bonds. The van der Waals surface area contributed by atoms with Crippen molar-refractivity contribution in [2.75, 3.05) is 13.2 Å². The molecule has 0 spiro atoms. The van der Waals surface area contributed by atoms with Gasteiger partial charge in [-0.1, -0.05) is 0 Å². The summed E-state index contributed by atoms with van der Waals surface area (Å²) in [6.45, 7) is 9.65. The molecule has 148 valence electrons. The lowest BCUT2D eigenvalue weighted by Crippen LogP contribution is -2.39. The van der Waals surface area contributed by atoms with Gasteiger partial charge < -0.3 is 9.47 Å². The Morgan fingerprint density at radius 1 is 0.963 bits per heavy atom.